The van der Waals surface area contributed by atoms with Crippen LogP contribution in [0.5, 0.6) is 0 Å². The van der Waals surface area contributed by atoms with Gasteiger partial charge in [-0.25, -0.2) is 0 Å². The Hall–Kier alpha value is -0.880. The minimum atomic E-state index is -0.377. The van der Waals surface area contributed by atoms with Crippen molar-refractivity contribution in [2.45, 2.75) is 71.3 Å². The van der Waals surface area contributed by atoms with Crippen LogP contribution in [0.3, 0.4) is 0 Å². The molecule has 0 aromatic rings. The first-order valence-electron chi connectivity index (χ1n) is 9.50. The van der Waals surface area contributed by atoms with Gasteiger partial charge in [0, 0.05) is 6.42 Å². The molecule has 4 aliphatic carbocycles. The fourth-order valence-electron chi connectivity index (χ4n) is 7.22. The van der Waals surface area contributed by atoms with Crippen molar-refractivity contribution in [2.75, 3.05) is 0 Å². The van der Waals surface area contributed by atoms with Crippen molar-refractivity contribution in [1.29, 1.82) is 5.26 Å². The predicted molar refractivity (Wildman–Crippen MR) is 87.2 cm³/mol. The van der Waals surface area contributed by atoms with Gasteiger partial charge >= 0.3 is 0 Å². The van der Waals surface area contributed by atoms with Crippen LogP contribution in [0, 0.1) is 51.8 Å². The first-order chi connectivity index (χ1) is 10.9. The third kappa shape index (κ3) is 2.00. The van der Waals surface area contributed by atoms with Gasteiger partial charge in [-0.05, 0) is 79.4 Å². The largest absolute Gasteiger partial charge is 0.393 e. The van der Waals surface area contributed by atoms with Crippen LogP contribution in [0.1, 0.15) is 65.2 Å². The molecule has 8 atom stereocenters. The molecule has 0 heterocycles. The zero-order valence-electron chi connectivity index (χ0n) is 14.4. The molecule has 4 aliphatic rings. The highest BCUT2D eigenvalue weighted by Crippen LogP contribution is 2.66. The number of carbonyl (C=O) groups is 1. The van der Waals surface area contributed by atoms with E-state index < -0.39 is 0 Å². The number of nitriles is 1. The van der Waals surface area contributed by atoms with E-state index in [-0.39, 0.29) is 28.6 Å². The molecule has 0 aromatic heterocycles. The summed E-state index contributed by atoms with van der Waals surface area (Å²) in [7, 11) is 0. The number of hydrogen-bond acceptors (Lipinski definition) is 3. The summed E-state index contributed by atoms with van der Waals surface area (Å²) in [5.41, 5.74) is 0.273. The molecule has 1 N–H and O–H groups in total. The Morgan fingerprint density at radius 3 is 2.57 bits per heavy atom. The monoisotopic (exact) mass is 315 g/mol. The van der Waals surface area contributed by atoms with Gasteiger partial charge in [0.25, 0.3) is 0 Å². The maximum absolute atomic E-state index is 12.2. The van der Waals surface area contributed by atoms with E-state index in [4.69, 9.17) is 0 Å². The van der Waals surface area contributed by atoms with Crippen molar-refractivity contribution >= 4 is 5.78 Å². The molecule has 4 rings (SSSR count). The van der Waals surface area contributed by atoms with Crippen LogP contribution in [0.4, 0.5) is 0 Å². The molecule has 4 fully saturated rings. The van der Waals surface area contributed by atoms with Crippen LogP contribution in [-0.2, 0) is 4.79 Å². The molecule has 3 unspecified atom stereocenters. The maximum Gasteiger partial charge on any atom is 0.150 e. The molecular formula is C20H29NO2. The van der Waals surface area contributed by atoms with Crippen LogP contribution in [0.25, 0.3) is 0 Å². The number of carbonyl (C=O) groups excluding carboxylic acids is 1. The Balaban J connectivity index is 1.65. The molecule has 126 valence electrons. The average Bonchev–Trinajstić information content (AvgIpc) is 2.83. The summed E-state index contributed by atoms with van der Waals surface area (Å²) >= 11 is 0. The van der Waals surface area contributed by atoms with Gasteiger partial charge in [-0.2, -0.15) is 5.26 Å². The highest BCUT2D eigenvalue weighted by molar-refractivity contribution is 5.84. The first-order valence-corrected chi connectivity index (χ1v) is 9.50. The fraction of sp³-hybridized carbons (Fsp3) is 0.900. The summed E-state index contributed by atoms with van der Waals surface area (Å²) in [5.74, 6) is 2.28. The van der Waals surface area contributed by atoms with Crippen molar-refractivity contribution in [1.82, 2.24) is 0 Å². The smallest absolute Gasteiger partial charge is 0.150 e. The molecular weight excluding hydrogens is 286 g/mol. The van der Waals surface area contributed by atoms with Gasteiger partial charge in [0.05, 0.1) is 12.2 Å². The van der Waals surface area contributed by atoms with Crippen LogP contribution >= 0.6 is 0 Å². The Labute approximate surface area is 139 Å². The number of Topliss-reactive ketones (excluding diaryl/α,β-unsaturated/α-hetero) is 1. The molecule has 0 saturated heterocycles. The van der Waals surface area contributed by atoms with E-state index in [0.717, 1.165) is 25.7 Å². The van der Waals surface area contributed by atoms with Gasteiger partial charge in [-0.15, -0.1) is 0 Å². The Morgan fingerprint density at radius 2 is 1.83 bits per heavy atom. The lowest BCUT2D eigenvalue weighted by Crippen LogP contribution is -2.55. The summed E-state index contributed by atoms with van der Waals surface area (Å²) < 4.78 is 0. The van der Waals surface area contributed by atoms with Crippen LogP contribution in [0.15, 0.2) is 0 Å². The molecule has 0 aromatic carbocycles. The molecule has 0 amide bonds. The lowest BCUT2D eigenvalue weighted by atomic mass is 9.44. The van der Waals surface area contributed by atoms with E-state index in [1.54, 1.807) is 0 Å². The summed E-state index contributed by atoms with van der Waals surface area (Å²) in [5, 5.41) is 19.9. The lowest BCUT2D eigenvalue weighted by molar-refractivity contribution is -0.146. The van der Waals surface area contributed by atoms with E-state index in [1.165, 1.54) is 19.3 Å². The highest BCUT2D eigenvalue weighted by atomic mass is 16.3. The quantitative estimate of drug-likeness (QED) is 0.741. The summed E-state index contributed by atoms with van der Waals surface area (Å²) in [4.78, 5) is 12.2. The predicted octanol–water partition coefficient (Wildman–Crippen LogP) is 3.71. The Morgan fingerprint density at radius 1 is 1.09 bits per heavy atom. The Bertz CT molecular complexity index is 566. The van der Waals surface area contributed by atoms with Gasteiger partial charge < -0.3 is 5.11 Å². The number of fused-ring (bicyclic) bond motifs is 5. The van der Waals surface area contributed by atoms with Crippen molar-refractivity contribution in [3.05, 3.63) is 0 Å². The molecule has 23 heavy (non-hydrogen) atoms. The third-order valence-electron chi connectivity index (χ3n) is 8.65. The van der Waals surface area contributed by atoms with E-state index >= 15 is 0 Å². The van der Waals surface area contributed by atoms with E-state index in [0.29, 0.717) is 30.1 Å². The number of nitrogens with zero attached hydrogens (tertiary/aromatic N) is 1. The molecule has 3 heteroatoms. The van der Waals surface area contributed by atoms with Crippen molar-refractivity contribution in [3.63, 3.8) is 0 Å². The van der Waals surface area contributed by atoms with Crippen molar-refractivity contribution in [3.8, 4) is 6.07 Å². The summed E-state index contributed by atoms with van der Waals surface area (Å²) in [6, 6.07) is 2.28. The van der Waals surface area contributed by atoms with Gasteiger partial charge in [0.1, 0.15) is 11.7 Å². The minimum absolute atomic E-state index is 0.115. The first kappa shape index (κ1) is 15.6. The molecule has 0 bridgehead atoms. The zero-order valence-corrected chi connectivity index (χ0v) is 14.4. The average molecular weight is 315 g/mol. The molecule has 3 nitrogen and oxygen atoms in total. The number of aliphatic hydroxyl groups excluding tert-OH is 1. The van der Waals surface area contributed by atoms with E-state index in [9.17, 15) is 15.2 Å². The minimum Gasteiger partial charge on any atom is -0.393 e. The molecule has 0 radical (unpaired) electrons. The SMILES string of the molecule is C[C@]12CC(C#N)C(=O)CC1CC[C@@H]1[C@H]2CC[C@]2(C)C(O)CC[C@@H]12. The highest BCUT2D eigenvalue weighted by Gasteiger charge is 2.61. The van der Waals surface area contributed by atoms with Crippen molar-refractivity contribution in [2.24, 2.45) is 40.4 Å². The zero-order chi connectivity index (χ0) is 16.4. The summed E-state index contributed by atoms with van der Waals surface area (Å²) in [6.07, 6.45) is 8.07. The van der Waals surface area contributed by atoms with Gasteiger partial charge in [0.15, 0.2) is 0 Å². The molecule has 0 aliphatic heterocycles. The van der Waals surface area contributed by atoms with Crippen LogP contribution in [0.2, 0.25) is 0 Å². The van der Waals surface area contributed by atoms with Gasteiger partial charge in [-0.3, -0.25) is 4.79 Å². The molecule has 4 saturated carbocycles. The third-order valence-corrected chi connectivity index (χ3v) is 8.65. The second-order valence-electron chi connectivity index (χ2n) is 9.35. The number of hydrogen-bond donors (Lipinski definition) is 1. The lowest BCUT2D eigenvalue weighted by Gasteiger charge is -2.60. The molecule has 0 spiro atoms. The van der Waals surface area contributed by atoms with Crippen LogP contribution < -0.4 is 0 Å². The van der Waals surface area contributed by atoms with Crippen LogP contribution in [-0.4, -0.2) is 17.0 Å². The van der Waals surface area contributed by atoms with Gasteiger partial charge in [-0.1, -0.05) is 13.8 Å². The topological polar surface area (TPSA) is 61.1 Å². The summed E-state index contributed by atoms with van der Waals surface area (Å²) in [6.45, 7) is 4.68. The van der Waals surface area contributed by atoms with E-state index in [1.807, 2.05) is 0 Å². The standard InChI is InChI=1S/C20H29NO2/c1-19-8-7-16-14(15(19)5-6-18(19)23)4-3-13-9-17(22)12(11-21)10-20(13,16)2/h12-16,18,23H,3-10H2,1-2H3/t12?,13?,14-,15-,16+,18?,19-,20-/m0/s1. The maximum atomic E-state index is 12.2. The van der Waals surface area contributed by atoms with E-state index in [2.05, 4.69) is 19.9 Å². The normalized spacial score (nSPS) is 55.5. The number of aliphatic hydroxyl groups is 1. The second kappa shape index (κ2) is 5.06. The fourth-order valence-corrected chi connectivity index (χ4v) is 7.22. The second-order valence-corrected chi connectivity index (χ2v) is 9.35. The van der Waals surface area contributed by atoms with Gasteiger partial charge in [0.2, 0.25) is 0 Å². The number of ketones is 1. The van der Waals surface area contributed by atoms with Crippen molar-refractivity contribution < 1.29 is 9.90 Å². The number of rotatable bonds is 0. The Kier molecular flexibility index (Phi) is 3.44.